The van der Waals surface area contributed by atoms with E-state index in [0.717, 1.165) is 10.3 Å². The number of piperidine rings is 1. The molecule has 2 N–H and O–H groups in total. The smallest absolute Gasteiger partial charge is 0.342 e. The number of ketones is 1. The maximum atomic E-state index is 14.4. The van der Waals surface area contributed by atoms with Gasteiger partial charge < -0.3 is 5.32 Å². The topological polar surface area (TPSA) is 117 Å². The molecule has 2 aromatic carbocycles. The SMILES string of the molecule is CC(C)[C@@H](NC(=O)c1cc(C(F)(F)F)ccc1F)C(=O)C1CCC2(NC1)C(=O)N(C)C(=O)N2c1ccc2nn(C)cc2c1. The van der Waals surface area contributed by atoms with Crippen LogP contribution in [-0.4, -0.2) is 63.6 Å². The Hall–Kier alpha value is -4.33. The molecule has 1 aromatic heterocycles. The molecule has 43 heavy (non-hydrogen) atoms. The molecule has 3 atom stereocenters. The van der Waals surface area contributed by atoms with E-state index in [4.69, 9.17) is 0 Å². The minimum Gasteiger partial charge on any atom is -0.342 e. The van der Waals surface area contributed by atoms with Gasteiger partial charge in [0.2, 0.25) is 0 Å². The third-order valence-electron chi connectivity index (χ3n) is 8.08. The summed E-state index contributed by atoms with van der Waals surface area (Å²) in [6, 6.07) is 5.01. The second-order valence-corrected chi connectivity index (χ2v) is 11.3. The highest BCUT2D eigenvalue weighted by atomic mass is 19.4. The van der Waals surface area contributed by atoms with Crippen LogP contribution in [0.5, 0.6) is 0 Å². The number of nitrogens with zero attached hydrogens (tertiary/aromatic N) is 4. The molecule has 3 aromatic rings. The Labute approximate surface area is 244 Å². The van der Waals surface area contributed by atoms with E-state index in [0.29, 0.717) is 29.4 Å². The lowest BCUT2D eigenvalue weighted by Crippen LogP contribution is -2.65. The van der Waals surface area contributed by atoms with Crippen LogP contribution in [0, 0.1) is 17.7 Å². The zero-order chi connectivity index (χ0) is 31.4. The fraction of sp³-hybridized carbons (Fsp3) is 0.414. The van der Waals surface area contributed by atoms with E-state index in [-0.39, 0.29) is 19.4 Å². The maximum absolute atomic E-state index is 14.4. The molecule has 0 aliphatic carbocycles. The van der Waals surface area contributed by atoms with Crippen molar-refractivity contribution >= 4 is 40.2 Å². The van der Waals surface area contributed by atoms with Gasteiger partial charge in [0.25, 0.3) is 11.8 Å². The number of urea groups is 1. The summed E-state index contributed by atoms with van der Waals surface area (Å²) in [4.78, 5) is 55.6. The van der Waals surface area contributed by atoms with E-state index < -0.39 is 70.3 Å². The number of fused-ring (bicyclic) bond motifs is 1. The Bertz CT molecular complexity index is 1630. The van der Waals surface area contributed by atoms with Crippen molar-refractivity contribution in [1.29, 1.82) is 0 Å². The molecule has 0 bridgehead atoms. The highest BCUT2D eigenvalue weighted by Crippen LogP contribution is 2.39. The standard InChI is InChI=1S/C29H30F4N6O4/c1-15(2)23(35-25(41)20-12-18(29(31,32)33)5-7-21(20)30)24(40)16-9-10-28(34-13-16)26(42)38(4)27(43)39(28)19-6-8-22-17(11-19)14-37(3)36-22/h5-8,11-12,14-16,23,34H,9-10,13H2,1-4H3,(H,35,41)/t16?,23-,28?/m1/s1. The van der Waals surface area contributed by atoms with Gasteiger partial charge in [-0.15, -0.1) is 0 Å². The predicted octanol–water partition coefficient (Wildman–Crippen LogP) is 3.85. The molecular formula is C29H30F4N6O4. The van der Waals surface area contributed by atoms with Gasteiger partial charge in [-0.1, -0.05) is 13.8 Å². The van der Waals surface area contributed by atoms with E-state index in [9.17, 15) is 36.7 Å². The van der Waals surface area contributed by atoms with Crippen molar-refractivity contribution in [1.82, 2.24) is 25.3 Å². The first-order chi connectivity index (χ1) is 20.1. The summed E-state index contributed by atoms with van der Waals surface area (Å²) in [5, 5.41) is 10.6. The van der Waals surface area contributed by atoms with Crippen LogP contribution in [0.1, 0.15) is 42.6 Å². The minimum atomic E-state index is -4.79. The van der Waals surface area contributed by atoms with Crippen LogP contribution in [-0.2, 0) is 22.8 Å². The van der Waals surface area contributed by atoms with Crippen molar-refractivity contribution < 1.29 is 36.7 Å². The lowest BCUT2D eigenvalue weighted by molar-refractivity contribution is -0.137. The number of aromatic nitrogens is 2. The molecule has 5 rings (SSSR count). The van der Waals surface area contributed by atoms with Crippen LogP contribution in [0.15, 0.2) is 42.6 Å². The fourth-order valence-electron chi connectivity index (χ4n) is 5.78. The highest BCUT2D eigenvalue weighted by molar-refractivity contribution is 6.17. The summed E-state index contributed by atoms with van der Waals surface area (Å²) in [7, 11) is 3.15. The molecule has 1 spiro atoms. The Balaban J connectivity index is 1.36. The van der Waals surface area contributed by atoms with E-state index in [1.54, 1.807) is 50.0 Å². The Morgan fingerprint density at radius 1 is 1.12 bits per heavy atom. The van der Waals surface area contributed by atoms with Crippen LogP contribution >= 0.6 is 0 Å². The zero-order valence-electron chi connectivity index (χ0n) is 23.8. The van der Waals surface area contributed by atoms with Gasteiger partial charge in [-0.3, -0.25) is 34.2 Å². The number of imide groups is 1. The van der Waals surface area contributed by atoms with Crippen molar-refractivity contribution in [2.75, 3.05) is 18.5 Å². The number of aryl methyl sites for hydroxylation is 1. The third-order valence-corrected chi connectivity index (χ3v) is 8.08. The van der Waals surface area contributed by atoms with Gasteiger partial charge in [-0.2, -0.15) is 18.3 Å². The molecule has 0 saturated carbocycles. The monoisotopic (exact) mass is 602 g/mol. The van der Waals surface area contributed by atoms with Crippen molar-refractivity contribution in [3.8, 4) is 0 Å². The number of likely N-dealkylation sites (N-methyl/N-ethyl adjacent to an activating group) is 1. The number of carbonyl (C=O) groups is 4. The lowest BCUT2D eigenvalue weighted by atomic mass is 9.82. The molecule has 2 saturated heterocycles. The van der Waals surface area contributed by atoms with E-state index >= 15 is 0 Å². The fourth-order valence-corrected chi connectivity index (χ4v) is 5.78. The van der Waals surface area contributed by atoms with Crippen LogP contribution < -0.4 is 15.5 Å². The molecule has 228 valence electrons. The Kier molecular flexibility index (Phi) is 7.53. The zero-order valence-corrected chi connectivity index (χ0v) is 23.8. The lowest BCUT2D eigenvalue weighted by Gasteiger charge is -2.42. The van der Waals surface area contributed by atoms with Crippen molar-refractivity contribution in [3.05, 3.63) is 59.5 Å². The van der Waals surface area contributed by atoms with E-state index in [2.05, 4.69) is 15.7 Å². The summed E-state index contributed by atoms with van der Waals surface area (Å²) in [6.07, 6.45) is -2.76. The second-order valence-electron chi connectivity index (χ2n) is 11.3. The summed E-state index contributed by atoms with van der Waals surface area (Å²) >= 11 is 0. The number of amides is 4. The number of halogens is 4. The first-order valence-corrected chi connectivity index (χ1v) is 13.7. The van der Waals surface area contributed by atoms with E-state index in [1.165, 1.54) is 11.9 Å². The minimum absolute atomic E-state index is 0.0195. The molecule has 0 radical (unpaired) electrons. The number of alkyl halides is 3. The van der Waals surface area contributed by atoms with Gasteiger partial charge in [0.1, 0.15) is 5.82 Å². The number of rotatable bonds is 6. The van der Waals surface area contributed by atoms with Crippen LogP contribution in [0.4, 0.5) is 28.0 Å². The Morgan fingerprint density at radius 3 is 2.47 bits per heavy atom. The van der Waals surface area contributed by atoms with Crippen LogP contribution in [0.2, 0.25) is 0 Å². The first-order valence-electron chi connectivity index (χ1n) is 13.7. The highest BCUT2D eigenvalue weighted by Gasteiger charge is 2.58. The number of anilines is 1. The maximum Gasteiger partial charge on any atom is 0.416 e. The quantitative estimate of drug-likeness (QED) is 0.327. The molecule has 2 aliphatic heterocycles. The molecule has 2 unspecified atom stereocenters. The summed E-state index contributed by atoms with van der Waals surface area (Å²) in [5.74, 6) is -4.40. The molecule has 10 nitrogen and oxygen atoms in total. The van der Waals surface area contributed by atoms with Crippen molar-refractivity contribution in [3.63, 3.8) is 0 Å². The molecule has 2 fully saturated rings. The van der Waals surface area contributed by atoms with Gasteiger partial charge in [0.15, 0.2) is 11.4 Å². The van der Waals surface area contributed by atoms with Crippen LogP contribution in [0.25, 0.3) is 10.9 Å². The molecular weight excluding hydrogens is 572 g/mol. The second kappa shape index (κ2) is 10.7. The normalized spacial score (nSPS) is 21.7. The largest absolute Gasteiger partial charge is 0.416 e. The van der Waals surface area contributed by atoms with Gasteiger partial charge in [0, 0.05) is 43.8 Å². The average Bonchev–Trinajstić information content (AvgIpc) is 3.40. The summed E-state index contributed by atoms with van der Waals surface area (Å²) < 4.78 is 55.5. The number of nitrogens with one attached hydrogen (secondary N) is 2. The van der Waals surface area contributed by atoms with Gasteiger partial charge in [0.05, 0.1) is 22.7 Å². The average molecular weight is 603 g/mol. The number of carbonyl (C=O) groups excluding carboxylic acids is 4. The van der Waals surface area contributed by atoms with Gasteiger partial charge in [-0.05, 0) is 55.2 Å². The number of benzene rings is 2. The Morgan fingerprint density at radius 2 is 1.84 bits per heavy atom. The third kappa shape index (κ3) is 5.24. The number of hydrogen-bond donors (Lipinski definition) is 2. The van der Waals surface area contributed by atoms with Gasteiger partial charge in [-0.25, -0.2) is 9.18 Å². The molecule has 3 heterocycles. The summed E-state index contributed by atoms with van der Waals surface area (Å²) in [5.41, 5.74) is -2.29. The van der Waals surface area contributed by atoms with Crippen molar-refractivity contribution in [2.45, 2.75) is 44.6 Å². The summed E-state index contributed by atoms with van der Waals surface area (Å²) in [6.45, 7) is 3.27. The van der Waals surface area contributed by atoms with E-state index in [1.807, 2.05) is 0 Å². The molecule has 4 amide bonds. The predicted molar refractivity (Wildman–Crippen MR) is 147 cm³/mol. The van der Waals surface area contributed by atoms with Crippen molar-refractivity contribution in [2.24, 2.45) is 18.9 Å². The number of hydrogen-bond acceptors (Lipinski definition) is 6. The van der Waals surface area contributed by atoms with Gasteiger partial charge >= 0.3 is 12.2 Å². The molecule has 14 heteroatoms. The molecule has 2 aliphatic rings. The number of Topliss-reactive ketones (excluding diaryl/α,β-unsaturated/α-hetero) is 1. The van der Waals surface area contributed by atoms with Crippen LogP contribution in [0.3, 0.4) is 0 Å². The first kappa shape index (κ1) is 30.1.